The van der Waals surface area contributed by atoms with E-state index in [4.69, 9.17) is 11.6 Å². The fourth-order valence-corrected chi connectivity index (χ4v) is 12.7. The van der Waals surface area contributed by atoms with Gasteiger partial charge < -0.3 is 29.7 Å². The van der Waals surface area contributed by atoms with Gasteiger partial charge in [0.05, 0.1) is 21.1 Å². The molecular formula is C52H60ClFN6O5S3. The molecule has 2 saturated heterocycles. The first-order chi connectivity index (χ1) is 32.3. The van der Waals surface area contributed by atoms with Gasteiger partial charge in [0.25, 0.3) is 10.0 Å². The Bertz CT molecular complexity index is 2950. The molecule has 2 fully saturated rings. The fraction of sp³-hybridized carbons (Fsp3) is 0.346. The van der Waals surface area contributed by atoms with Crippen LogP contribution >= 0.6 is 23.4 Å². The number of halogens is 2. The van der Waals surface area contributed by atoms with Crippen LogP contribution in [-0.2, 0) is 26.9 Å². The topological polar surface area (TPSA) is 127 Å². The van der Waals surface area contributed by atoms with Gasteiger partial charge in [0.2, 0.25) is 0 Å². The summed E-state index contributed by atoms with van der Waals surface area (Å²) in [5.41, 5.74) is 6.03. The minimum absolute atomic E-state index is 0.133. The Labute approximate surface area is 410 Å². The molecule has 0 amide bonds. The van der Waals surface area contributed by atoms with Gasteiger partial charge in [-0.15, -0.1) is 11.8 Å². The number of nitrogens with zero attached hydrogens (tertiary/aromatic N) is 4. The lowest BCUT2D eigenvalue weighted by Crippen LogP contribution is -2.46. The Hall–Kier alpha value is -5.03. The number of aryl methyl sites for hydroxylation is 1. The molecular weight excluding hydrogens is 939 g/mol. The van der Waals surface area contributed by atoms with E-state index in [2.05, 4.69) is 36.9 Å². The van der Waals surface area contributed by atoms with E-state index >= 15 is 4.39 Å². The number of nitrogens with one attached hydrogen (secondary N) is 2. The quantitative estimate of drug-likeness (QED) is 0.0807. The molecule has 360 valence electrons. The Morgan fingerprint density at radius 3 is 2.07 bits per heavy atom. The highest BCUT2D eigenvalue weighted by atomic mass is 35.5. The third-order valence-electron chi connectivity index (χ3n) is 13.2. The van der Waals surface area contributed by atoms with E-state index in [1.54, 1.807) is 55.1 Å². The van der Waals surface area contributed by atoms with Crippen molar-refractivity contribution in [2.75, 3.05) is 77.7 Å². The van der Waals surface area contributed by atoms with E-state index in [1.807, 2.05) is 80.1 Å². The summed E-state index contributed by atoms with van der Waals surface area (Å²) in [6, 6.07) is 34.9. The number of piperazine rings is 1. The minimum atomic E-state index is -3.90. The van der Waals surface area contributed by atoms with Gasteiger partial charge in [-0.05, 0) is 142 Å². The van der Waals surface area contributed by atoms with E-state index in [0.717, 1.165) is 67.2 Å². The maximum absolute atomic E-state index is 15.6. The summed E-state index contributed by atoms with van der Waals surface area (Å²) >= 11 is 8.00. The molecule has 0 saturated carbocycles. The first-order valence-electron chi connectivity index (χ1n) is 22.9. The van der Waals surface area contributed by atoms with Gasteiger partial charge in [0.15, 0.2) is 9.84 Å². The molecule has 0 aliphatic carbocycles. The van der Waals surface area contributed by atoms with Gasteiger partial charge in [-0.25, -0.2) is 21.2 Å². The summed E-state index contributed by atoms with van der Waals surface area (Å²) in [5.74, 6) is 0.371. The monoisotopic (exact) mass is 998 g/mol. The van der Waals surface area contributed by atoms with Crippen molar-refractivity contribution in [3.8, 4) is 22.4 Å². The lowest BCUT2D eigenvalue weighted by Gasteiger charge is -2.37. The van der Waals surface area contributed by atoms with Gasteiger partial charge in [0.1, 0.15) is 5.82 Å². The van der Waals surface area contributed by atoms with Gasteiger partial charge in [-0.1, -0.05) is 41.9 Å². The summed E-state index contributed by atoms with van der Waals surface area (Å²) < 4.78 is 74.2. The van der Waals surface area contributed by atoms with Gasteiger partial charge >= 0.3 is 0 Å². The molecule has 11 nitrogen and oxygen atoms in total. The molecule has 8 rings (SSSR count). The lowest BCUT2D eigenvalue weighted by molar-refractivity contribution is -0.00556. The molecule has 0 bridgehead atoms. The highest BCUT2D eigenvalue weighted by molar-refractivity contribution is 7.99. The highest BCUT2D eigenvalue weighted by Crippen LogP contribution is 2.43. The van der Waals surface area contributed by atoms with E-state index < -0.39 is 31.3 Å². The number of likely N-dealkylation sites (tertiary alicyclic amines) is 1. The number of piperidine rings is 1. The molecule has 6 aromatic rings. The van der Waals surface area contributed by atoms with E-state index in [1.165, 1.54) is 23.3 Å². The predicted octanol–water partition coefficient (Wildman–Crippen LogP) is 10.1. The molecule has 5 aromatic carbocycles. The average Bonchev–Trinajstić information content (AvgIpc) is 3.58. The number of sulfone groups is 1. The van der Waals surface area contributed by atoms with Crippen LogP contribution in [0.5, 0.6) is 0 Å². The fourth-order valence-electron chi connectivity index (χ4n) is 9.21. The second kappa shape index (κ2) is 20.5. The average molecular weight is 1000 g/mol. The molecule has 0 spiro atoms. The summed E-state index contributed by atoms with van der Waals surface area (Å²) in [4.78, 5) is 8.24. The van der Waals surface area contributed by atoms with Crippen molar-refractivity contribution < 1.29 is 26.3 Å². The number of rotatable bonds is 16. The number of aromatic nitrogens is 1. The molecule has 3 N–H and O–H groups in total. The van der Waals surface area contributed by atoms with Crippen LogP contribution in [0.25, 0.3) is 22.4 Å². The molecule has 3 heterocycles. The van der Waals surface area contributed by atoms with Gasteiger partial charge in [0, 0.05) is 115 Å². The van der Waals surface area contributed by atoms with Crippen LogP contribution in [-0.4, -0.2) is 101 Å². The Morgan fingerprint density at radius 2 is 1.44 bits per heavy atom. The summed E-state index contributed by atoms with van der Waals surface area (Å²) in [6.07, 6.45) is 3.61. The van der Waals surface area contributed by atoms with Crippen LogP contribution in [0.1, 0.15) is 37.4 Å². The van der Waals surface area contributed by atoms with Crippen LogP contribution in [0, 0.1) is 19.7 Å². The second-order valence-electron chi connectivity index (χ2n) is 18.4. The zero-order valence-corrected chi connectivity index (χ0v) is 42.4. The molecule has 16 heteroatoms. The SMILES string of the molecule is Cc1cc(S(=O)(=O)Nc2ccc(N3CCN(c4cc(F)cc(-c5c(S(C)(=O)=O)c(C)n(C)c5-c5ccc(Cl)cc5)c4)CC3)cc2)ccc1N[C@H](CCN1CCC(C)(O)CC1)CSc1ccccc1. The van der Waals surface area contributed by atoms with E-state index in [0.29, 0.717) is 65.1 Å². The Kier molecular flexibility index (Phi) is 14.9. The van der Waals surface area contributed by atoms with Crippen LogP contribution < -0.4 is 19.8 Å². The number of hydrogen-bond acceptors (Lipinski definition) is 10. The maximum atomic E-state index is 15.6. The van der Waals surface area contributed by atoms with Crippen molar-refractivity contribution in [2.45, 2.75) is 66.4 Å². The third kappa shape index (κ3) is 11.7. The number of aliphatic hydroxyl groups is 1. The standard InChI is InChI=1S/C52H60ClFN6O5S3/c1-36-31-47(19-20-48(36)55-43(35-66-46-9-7-6-8-10-46)21-24-58-25-22-52(3,61)23-26-58)68(64,65)56-42-15-17-44(18-16-42)59-27-29-60(30-28-59)45-33-39(32-41(54)34-45)49-50(38-11-13-40(53)14-12-38)57(4)37(2)51(49)67(5,62)63/h6-20,31-34,43,55-56,61H,21-30,35H2,1-5H3/t43-/m1/s1. The van der Waals surface area contributed by atoms with Crippen LogP contribution in [0.3, 0.4) is 0 Å². The summed E-state index contributed by atoms with van der Waals surface area (Å²) in [6.45, 7) is 10.6. The number of benzene rings is 5. The zero-order valence-electron chi connectivity index (χ0n) is 39.2. The molecule has 2 aliphatic heterocycles. The third-order valence-corrected chi connectivity index (χ3v) is 17.3. The van der Waals surface area contributed by atoms with Crippen LogP contribution in [0.4, 0.5) is 27.1 Å². The van der Waals surface area contributed by atoms with Crippen LogP contribution in [0.2, 0.25) is 5.02 Å². The smallest absolute Gasteiger partial charge is 0.261 e. The van der Waals surface area contributed by atoms with Crippen LogP contribution in [0.15, 0.2) is 130 Å². The molecule has 0 unspecified atom stereocenters. The number of anilines is 4. The van der Waals surface area contributed by atoms with Crippen molar-refractivity contribution >= 4 is 66.0 Å². The van der Waals surface area contributed by atoms with Crippen molar-refractivity contribution in [3.63, 3.8) is 0 Å². The molecule has 1 aromatic heterocycles. The number of hydrogen-bond donors (Lipinski definition) is 3. The van der Waals surface area contributed by atoms with Gasteiger partial charge in [-0.2, -0.15) is 0 Å². The number of sulfonamides is 1. The highest BCUT2D eigenvalue weighted by Gasteiger charge is 2.30. The predicted molar refractivity (Wildman–Crippen MR) is 277 cm³/mol. The molecule has 2 aliphatic rings. The Balaban J connectivity index is 0.911. The first-order valence-corrected chi connectivity index (χ1v) is 27.7. The minimum Gasteiger partial charge on any atom is -0.390 e. The maximum Gasteiger partial charge on any atom is 0.261 e. The number of thioether (sulfide) groups is 1. The van der Waals surface area contributed by atoms with E-state index in [9.17, 15) is 21.9 Å². The van der Waals surface area contributed by atoms with Crippen molar-refractivity contribution in [2.24, 2.45) is 7.05 Å². The van der Waals surface area contributed by atoms with Crippen molar-refractivity contribution in [3.05, 3.63) is 137 Å². The van der Waals surface area contributed by atoms with Gasteiger partial charge in [-0.3, -0.25) is 4.72 Å². The van der Waals surface area contributed by atoms with Crippen molar-refractivity contribution in [1.29, 1.82) is 0 Å². The first kappa shape index (κ1) is 49.4. The molecule has 0 radical (unpaired) electrons. The lowest BCUT2D eigenvalue weighted by atomic mass is 9.94. The van der Waals surface area contributed by atoms with E-state index in [-0.39, 0.29) is 15.8 Å². The molecule has 68 heavy (non-hydrogen) atoms. The second-order valence-corrected chi connectivity index (χ2v) is 23.5. The largest absolute Gasteiger partial charge is 0.390 e. The summed E-state index contributed by atoms with van der Waals surface area (Å²) in [7, 11) is -5.79. The normalized spacial score (nSPS) is 16.2. The van der Waals surface area contributed by atoms with Crippen molar-refractivity contribution in [1.82, 2.24) is 9.47 Å². The summed E-state index contributed by atoms with van der Waals surface area (Å²) in [5, 5.41) is 14.7. The Morgan fingerprint density at radius 1 is 0.794 bits per heavy atom. The molecule has 1 atom stereocenters. The zero-order chi connectivity index (χ0) is 48.4.